The van der Waals surface area contributed by atoms with Crippen LogP contribution in [0.5, 0.6) is 0 Å². The molecule has 0 rings (SSSR count). The maximum absolute atomic E-state index is 11.5. The highest BCUT2D eigenvalue weighted by Crippen LogP contribution is 2.02. The van der Waals surface area contributed by atoms with E-state index in [4.69, 9.17) is 4.74 Å². The van der Waals surface area contributed by atoms with Crippen molar-refractivity contribution in [3.8, 4) is 0 Å². The molecule has 0 amide bonds. The Hall–Kier alpha value is -1.68. The molecule has 0 aromatic carbocycles. The van der Waals surface area contributed by atoms with Crippen molar-refractivity contribution in [3.05, 3.63) is 36.5 Å². The quantitative estimate of drug-likeness (QED) is 0.267. The first-order chi connectivity index (χ1) is 9.60. The molecule has 0 saturated carbocycles. The maximum atomic E-state index is 11.5. The monoisotopic (exact) mass is 280 g/mol. The predicted molar refractivity (Wildman–Crippen MR) is 79.4 cm³/mol. The lowest BCUT2D eigenvalue weighted by atomic mass is 10.1. The van der Waals surface area contributed by atoms with Crippen LogP contribution in [-0.4, -0.2) is 32.1 Å². The number of carbonyl (C=O) groups is 2. The lowest BCUT2D eigenvalue weighted by Gasteiger charge is -1.99. The molecule has 0 bridgehead atoms. The van der Waals surface area contributed by atoms with E-state index in [2.05, 4.69) is 4.74 Å². The minimum Gasteiger partial charge on any atom is -0.469 e. The van der Waals surface area contributed by atoms with Crippen LogP contribution in [-0.2, 0) is 19.1 Å². The Morgan fingerprint density at radius 3 is 2.30 bits per heavy atom. The van der Waals surface area contributed by atoms with Crippen LogP contribution in [0, 0.1) is 0 Å². The van der Waals surface area contributed by atoms with Crippen LogP contribution in [0.1, 0.15) is 32.6 Å². The summed E-state index contributed by atoms with van der Waals surface area (Å²) in [6, 6.07) is 0. The number of esters is 1. The van der Waals surface area contributed by atoms with Gasteiger partial charge in [0.2, 0.25) is 0 Å². The van der Waals surface area contributed by atoms with Crippen molar-refractivity contribution < 1.29 is 19.1 Å². The zero-order valence-corrected chi connectivity index (χ0v) is 12.5. The minimum atomic E-state index is -0.229. The third-order valence-corrected chi connectivity index (χ3v) is 2.65. The Kier molecular flexibility index (Phi) is 11.3. The van der Waals surface area contributed by atoms with E-state index < -0.39 is 0 Å². The van der Waals surface area contributed by atoms with Gasteiger partial charge in [0.1, 0.15) is 0 Å². The van der Waals surface area contributed by atoms with Crippen LogP contribution in [0.4, 0.5) is 0 Å². The first-order valence-corrected chi connectivity index (χ1v) is 6.74. The predicted octanol–water partition coefficient (Wildman–Crippen LogP) is 2.99. The molecule has 0 heterocycles. The van der Waals surface area contributed by atoms with Crippen LogP contribution in [0.3, 0.4) is 0 Å². The number of hydrogen-bond acceptors (Lipinski definition) is 4. The van der Waals surface area contributed by atoms with Gasteiger partial charge in [-0.1, -0.05) is 30.4 Å². The Morgan fingerprint density at radius 1 is 1.00 bits per heavy atom. The summed E-state index contributed by atoms with van der Waals surface area (Å²) in [7, 11) is 3.02. The Labute approximate surface area is 121 Å². The minimum absolute atomic E-state index is 0.0637. The van der Waals surface area contributed by atoms with Gasteiger partial charge in [-0.25, -0.2) is 0 Å². The van der Waals surface area contributed by atoms with Crippen LogP contribution in [0.25, 0.3) is 0 Å². The zero-order valence-electron chi connectivity index (χ0n) is 12.5. The van der Waals surface area contributed by atoms with Gasteiger partial charge < -0.3 is 9.47 Å². The molecular weight excluding hydrogens is 256 g/mol. The molecule has 0 aliphatic rings. The van der Waals surface area contributed by atoms with Gasteiger partial charge >= 0.3 is 5.97 Å². The van der Waals surface area contributed by atoms with E-state index in [9.17, 15) is 9.59 Å². The van der Waals surface area contributed by atoms with Gasteiger partial charge in [-0.05, 0) is 25.8 Å². The molecule has 0 aromatic rings. The Bertz CT molecular complexity index is 367. The van der Waals surface area contributed by atoms with Crippen molar-refractivity contribution in [1.29, 1.82) is 0 Å². The van der Waals surface area contributed by atoms with Gasteiger partial charge in [-0.15, -0.1) is 0 Å². The van der Waals surface area contributed by atoms with E-state index in [0.717, 1.165) is 0 Å². The van der Waals surface area contributed by atoms with Crippen molar-refractivity contribution in [2.75, 3.05) is 14.2 Å². The number of allylic oxidation sites excluding steroid dienone is 5. The first-order valence-electron chi connectivity index (χ1n) is 6.74. The molecule has 0 saturated heterocycles. The van der Waals surface area contributed by atoms with Gasteiger partial charge in [0.15, 0.2) is 5.78 Å². The Balaban J connectivity index is 3.75. The molecule has 4 heteroatoms. The number of methoxy groups -OCH3 is 2. The molecule has 1 unspecified atom stereocenters. The number of carbonyl (C=O) groups excluding carboxylic acids is 2. The standard InChI is InChI=1S/C16H24O4/c1-14(19-2)10-6-4-5-7-11-15(17)12-8-9-13-16(18)20-3/h4-7,10-11,14H,8-9,12-13H2,1-3H3. The fraction of sp³-hybridized carbons (Fsp3) is 0.500. The third-order valence-electron chi connectivity index (χ3n) is 2.65. The highest BCUT2D eigenvalue weighted by atomic mass is 16.5. The highest BCUT2D eigenvalue weighted by Gasteiger charge is 2.01. The summed E-state index contributed by atoms with van der Waals surface area (Å²) < 4.78 is 9.57. The van der Waals surface area contributed by atoms with E-state index in [1.54, 1.807) is 25.3 Å². The smallest absolute Gasteiger partial charge is 0.305 e. The Morgan fingerprint density at radius 2 is 1.65 bits per heavy atom. The van der Waals surface area contributed by atoms with E-state index in [1.165, 1.54) is 7.11 Å². The molecule has 1 atom stereocenters. The molecule has 0 fully saturated rings. The summed E-state index contributed by atoms with van der Waals surface area (Å²) >= 11 is 0. The molecule has 20 heavy (non-hydrogen) atoms. The SMILES string of the molecule is COC(=O)CCCCC(=O)C=CC=CC=CC(C)OC. The molecular formula is C16H24O4. The largest absolute Gasteiger partial charge is 0.469 e. The van der Waals surface area contributed by atoms with Gasteiger partial charge in [0.05, 0.1) is 13.2 Å². The molecule has 0 spiro atoms. The average molecular weight is 280 g/mol. The van der Waals surface area contributed by atoms with E-state index >= 15 is 0 Å². The van der Waals surface area contributed by atoms with Gasteiger partial charge in [0, 0.05) is 20.0 Å². The van der Waals surface area contributed by atoms with E-state index in [1.807, 2.05) is 25.2 Å². The van der Waals surface area contributed by atoms with Gasteiger partial charge in [0.25, 0.3) is 0 Å². The van der Waals surface area contributed by atoms with Crippen molar-refractivity contribution in [2.45, 2.75) is 38.7 Å². The number of unbranched alkanes of at least 4 members (excludes halogenated alkanes) is 1. The van der Waals surface area contributed by atoms with Gasteiger partial charge in [-0.2, -0.15) is 0 Å². The normalized spacial score (nSPS) is 13.3. The molecule has 0 aliphatic heterocycles. The molecule has 112 valence electrons. The second-order valence-electron chi connectivity index (χ2n) is 4.32. The summed E-state index contributed by atoms with van der Waals surface area (Å²) in [6.07, 6.45) is 13.0. The maximum Gasteiger partial charge on any atom is 0.305 e. The van der Waals surface area contributed by atoms with Crippen molar-refractivity contribution >= 4 is 11.8 Å². The summed E-state index contributed by atoms with van der Waals surface area (Å²) in [4.78, 5) is 22.3. The lowest BCUT2D eigenvalue weighted by Crippen LogP contribution is -2.00. The van der Waals surface area contributed by atoms with E-state index in [0.29, 0.717) is 25.7 Å². The second-order valence-corrected chi connectivity index (χ2v) is 4.32. The molecule has 0 N–H and O–H groups in total. The topological polar surface area (TPSA) is 52.6 Å². The molecule has 4 nitrogen and oxygen atoms in total. The second kappa shape index (κ2) is 12.4. The fourth-order valence-corrected chi connectivity index (χ4v) is 1.34. The van der Waals surface area contributed by atoms with Crippen molar-refractivity contribution in [1.82, 2.24) is 0 Å². The molecule has 0 radical (unpaired) electrons. The number of hydrogen-bond donors (Lipinski definition) is 0. The van der Waals surface area contributed by atoms with Crippen LogP contribution in [0.2, 0.25) is 0 Å². The van der Waals surface area contributed by atoms with Gasteiger partial charge in [-0.3, -0.25) is 9.59 Å². The van der Waals surface area contributed by atoms with Crippen LogP contribution < -0.4 is 0 Å². The van der Waals surface area contributed by atoms with Crippen LogP contribution >= 0.6 is 0 Å². The fourth-order valence-electron chi connectivity index (χ4n) is 1.34. The lowest BCUT2D eigenvalue weighted by molar-refractivity contribution is -0.140. The zero-order chi connectivity index (χ0) is 15.2. The summed E-state index contributed by atoms with van der Waals surface area (Å²) in [6.45, 7) is 1.94. The number of rotatable bonds is 10. The third kappa shape index (κ3) is 11.4. The van der Waals surface area contributed by atoms with Crippen molar-refractivity contribution in [3.63, 3.8) is 0 Å². The van der Waals surface area contributed by atoms with Crippen LogP contribution in [0.15, 0.2) is 36.5 Å². The number of ether oxygens (including phenoxy) is 2. The van der Waals surface area contributed by atoms with E-state index in [-0.39, 0.29) is 17.9 Å². The highest BCUT2D eigenvalue weighted by molar-refractivity contribution is 5.89. The molecule has 0 aliphatic carbocycles. The summed E-state index contributed by atoms with van der Waals surface area (Å²) in [5, 5.41) is 0. The summed E-state index contributed by atoms with van der Waals surface area (Å²) in [5.74, 6) is -0.165. The summed E-state index contributed by atoms with van der Waals surface area (Å²) in [5.41, 5.74) is 0. The van der Waals surface area contributed by atoms with Crippen molar-refractivity contribution in [2.24, 2.45) is 0 Å². The number of ketones is 1. The first kappa shape index (κ1) is 18.3. The molecule has 0 aromatic heterocycles. The average Bonchev–Trinajstić information content (AvgIpc) is 2.46.